The molecule has 1 heterocycles. The molecule has 1 aromatic carbocycles. The van der Waals surface area contributed by atoms with E-state index in [0.29, 0.717) is 10.6 Å². The zero-order chi connectivity index (χ0) is 15.1. The number of nitrogens with zero attached hydrogens (tertiary/aromatic N) is 1. The predicted octanol–water partition coefficient (Wildman–Crippen LogP) is 2.22. The predicted molar refractivity (Wildman–Crippen MR) is 73.5 cm³/mol. The van der Waals surface area contributed by atoms with E-state index in [9.17, 15) is 13.0 Å². The van der Waals surface area contributed by atoms with Crippen molar-refractivity contribution in [3.8, 4) is 0 Å². The van der Waals surface area contributed by atoms with Crippen LogP contribution in [0.3, 0.4) is 0 Å². The fraction of sp³-hybridized carbons (Fsp3) is 0.500. The van der Waals surface area contributed by atoms with Crippen molar-refractivity contribution >= 4 is 21.9 Å². The van der Waals surface area contributed by atoms with E-state index in [-0.39, 0.29) is 0 Å². The van der Waals surface area contributed by atoms with E-state index >= 15 is 0 Å². The van der Waals surface area contributed by atoms with Gasteiger partial charge in [0.2, 0.25) is 0 Å². The Bertz CT molecular complexity index is 604. The fourth-order valence-corrected chi connectivity index (χ4v) is 2.72. The molecule has 0 radical (unpaired) electrons. The number of hydrogen-bond acceptors (Lipinski definition) is 4. The van der Waals surface area contributed by atoms with E-state index in [1.807, 2.05) is 0 Å². The second kappa shape index (κ2) is 5.25. The number of benzene rings is 1. The average Bonchev–Trinajstić information content (AvgIpc) is 2.63. The summed E-state index contributed by atoms with van der Waals surface area (Å²) in [6, 6.07) is 6.92. The number of rotatable bonds is 3. The van der Waals surface area contributed by atoms with Gasteiger partial charge in [-0.25, -0.2) is 0 Å². The van der Waals surface area contributed by atoms with Crippen molar-refractivity contribution in [2.45, 2.75) is 32.0 Å². The Morgan fingerprint density at radius 3 is 2.45 bits per heavy atom. The van der Waals surface area contributed by atoms with Gasteiger partial charge in [-0.3, -0.25) is 4.55 Å². The molecular formula is C12H16ClNO5S. The minimum Gasteiger partial charge on any atom is -0.338 e. The molecule has 6 nitrogen and oxygen atoms in total. The summed E-state index contributed by atoms with van der Waals surface area (Å²) in [5, 5.41) is 0.438. The summed E-state index contributed by atoms with van der Waals surface area (Å²) in [6.45, 7) is 3.32. The molecule has 0 amide bonds. The Morgan fingerprint density at radius 2 is 1.90 bits per heavy atom. The molecule has 1 aliphatic rings. The van der Waals surface area contributed by atoms with Gasteiger partial charge in [0.1, 0.15) is 6.10 Å². The van der Waals surface area contributed by atoms with Crippen LogP contribution in [0.2, 0.25) is 5.02 Å². The molecule has 1 N–H and O–H groups in total. The average molecular weight is 322 g/mol. The van der Waals surface area contributed by atoms with E-state index in [1.165, 1.54) is 7.05 Å². The first-order valence-electron chi connectivity index (χ1n) is 5.92. The molecule has 0 spiro atoms. The molecule has 20 heavy (non-hydrogen) atoms. The third-order valence-electron chi connectivity index (χ3n) is 3.01. The van der Waals surface area contributed by atoms with Gasteiger partial charge in [-0.2, -0.15) is 12.7 Å². The summed E-state index contributed by atoms with van der Waals surface area (Å²) in [4.78, 5) is 0. The van der Waals surface area contributed by atoms with Crippen molar-refractivity contribution in [1.29, 1.82) is 0 Å². The number of likely N-dealkylation sites (N-methyl/N-ethyl adjacent to an activating group) is 1. The summed E-state index contributed by atoms with van der Waals surface area (Å²) in [6.07, 6.45) is -1.73. The van der Waals surface area contributed by atoms with Crippen LogP contribution in [-0.4, -0.2) is 36.3 Å². The molecule has 1 aromatic rings. The van der Waals surface area contributed by atoms with Crippen molar-refractivity contribution in [1.82, 2.24) is 4.31 Å². The largest absolute Gasteiger partial charge is 0.338 e. The van der Waals surface area contributed by atoms with Gasteiger partial charge in [0.05, 0.1) is 0 Å². The third kappa shape index (κ3) is 3.13. The zero-order valence-corrected chi connectivity index (χ0v) is 12.9. The highest BCUT2D eigenvalue weighted by molar-refractivity contribution is 7.83. The maximum atomic E-state index is 11.3. The molecule has 2 atom stereocenters. The fourth-order valence-electron chi connectivity index (χ4n) is 2.06. The van der Waals surface area contributed by atoms with Crippen LogP contribution in [0.5, 0.6) is 0 Å². The summed E-state index contributed by atoms with van der Waals surface area (Å²) < 4.78 is 43.8. The Labute approximate surface area is 123 Å². The Hall–Kier alpha value is -0.700. The van der Waals surface area contributed by atoms with Crippen LogP contribution in [-0.2, 0) is 19.8 Å². The number of halogens is 1. The molecule has 0 bridgehead atoms. The highest BCUT2D eigenvalue weighted by Gasteiger charge is 2.47. The van der Waals surface area contributed by atoms with E-state index in [4.69, 9.17) is 21.1 Å². The first-order chi connectivity index (χ1) is 9.12. The lowest BCUT2D eigenvalue weighted by atomic mass is 10.1. The topological polar surface area (TPSA) is 76.1 Å². The first kappa shape index (κ1) is 15.7. The van der Waals surface area contributed by atoms with Crippen LogP contribution in [0.1, 0.15) is 25.5 Å². The molecule has 2 rings (SSSR count). The van der Waals surface area contributed by atoms with Crippen LogP contribution in [0.4, 0.5) is 0 Å². The van der Waals surface area contributed by atoms with Crippen LogP contribution in [0.25, 0.3) is 0 Å². The number of hydrogen-bond donors (Lipinski definition) is 1. The molecule has 1 aliphatic heterocycles. The minimum absolute atomic E-state index is 0.438. The third-order valence-corrected chi connectivity index (χ3v) is 4.29. The minimum atomic E-state index is -4.40. The van der Waals surface area contributed by atoms with Gasteiger partial charge in [0.25, 0.3) is 0 Å². The standard InChI is InChI=1S/C12H16ClNO5S/c1-12(2)18-10(8-6-4-5-7-9(8)13)11(19-12)14(3)20(15,16)17/h4-7,10-11H,1-3H3,(H,15,16,17). The smallest absolute Gasteiger partial charge is 0.337 e. The summed E-state index contributed by atoms with van der Waals surface area (Å²) >= 11 is 6.12. The van der Waals surface area contributed by atoms with Crippen molar-refractivity contribution in [2.24, 2.45) is 0 Å². The van der Waals surface area contributed by atoms with Gasteiger partial charge in [-0.15, -0.1) is 0 Å². The Kier molecular flexibility index (Phi) is 4.12. The summed E-state index contributed by atoms with van der Waals surface area (Å²) in [5.41, 5.74) is 0.597. The molecule has 0 aromatic heterocycles. The number of ether oxygens (including phenoxy) is 2. The second-order valence-corrected chi connectivity index (χ2v) is 6.84. The lowest BCUT2D eigenvalue weighted by molar-refractivity contribution is -0.154. The van der Waals surface area contributed by atoms with Gasteiger partial charge in [0, 0.05) is 17.6 Å². The zero-order valence-electron chi connectivity index (χ0n) is 11.3. The van der Waals surface area contributed by atoms with E-state index in [2.05, 4.69) is 0 Å². The van der Waals surface area contributed by atoms with Gasteiger partial charge in [-0.1, -0.05) is 29.8 Å². The quantitative estimate of drug-likeness (QED) is 0.864. The van der Waals surface area contributed by atoms with E-state index in [1.54, 1.807) is 38.1 Å². The molecular weight excluding hydrogens is 306 g/mol. The van der Waals surface area contributed by atoms with E-state index in [0.717, 1.165) is 4.31 Å². The van der Waals surface area contributed by atoms with Gasteiger partial charge in [-0.05, 0) is 19.9 Å². The molecule has 1 saturated heterocycles. The molecule has 2 unspecified atom stereocenters. The maximum Gasteiger partial charge on any atom is 0.337 e. The first-order valence-corrected chi connectivity index (χ1v) is 7.70. The van der Waals surface area contributed by atoms with Gasteiger partial charge < -0.3 is 9.47 Å². The molecule has 8 heteroatoms. The lowest BCUT2D eigenvalue weighted by Crippen LogP contribution is -2.40. The van der Waals surface area contributed by atoms with E-state index < -0.39 is 28.4 Å². The van der Waals surface area contributed by atoms with Crippen molar-refractivity contribution < 1.29 is 22.4 Å². The van der Waals surface area contributed by atoms with Crippen LogP contribution >= 0.6 is 11.6 Å². The van der Waals surface area contributed by atoms with Crippen molar-refractivity contribution in [2.75, 3.05) is 7.05 Å². The Morgan fingerprint density at radius 1 is 1.30 bits per heavy atom. The molecule has 1 fully saturated rings. The maximum absolute atomic E-state index is 11.3. The van der Waals surface area contributed by atoms with Crippen LogP contribution in [0.15, 0.2) is 24.3 Å². The molecule has 112 valence electrons. The van der Waals surface area contributed by atoms with Gasteiger partial charge >= 0.3 is 10.3 Å². The van der Waals surface area contributed by atoms with Gasteiger partial charge in [0.15, 0.2) is 12.0 Å². The SMILES string of the molecule is CN(C1OC(C)(C)OC1c1ccccc1Cl)S(=O)(=O)O. The highest BCUT2D eigenvalue weighted by Crippen LogP contribution is 2.41. The lowest BCUT2D eigenvalue weighted by Gasteiger charge is -2.24. The summed E-state index contributed by atoms with van der Waals surface area (Å²) in [5.74, 6) is -0.993. The molecule has 0 aliphatic carbocycles. The molecule has 0 saturated carbocycles. The second-order valence-electron chi connectivity index (χ2n) is 4.96. The summed E-state index contributed by atoms with van der Waals surface area (Å²) in [7, 11) is -3.19. The van der Waals surface area contributed by atoms with Crippen LogP contribution in [0, 0.1) is 0 Å². The van der Waals surface area contributed by atoms with Crippen molar-refractivity contribution in [3.63, 3.8) is 0 Å². The normalized spacial score (nSPS) is 26.1. The highest BCUT2D eigenvalue weighted by atomic mass is 35.5. The monoisotopic (exact) mass is 321 g/mol. The van der Waals surface area contributed by atoms with Crippen LogP contribution < -0.4 is 0 Å². The Balaban J connectivity index is 2.42. The van der Waals surface area contributed by atoms with Crippen molar-refractivity contribution in [3.05, 3.63) is 34.9 Å².